The van der Waals surface area contributed by atoms with Crippen LogP contribution < -0.4 is 15.6 Å². The molecule has 7 nitrogen and oxygen atoms in total. The van der Waals surface area contributed by atoms with Crippen LogP contribution in [0.15, 0.2) is 59.4 Å². The monoisotopic (exact) mass is 410 g/mol. The van der Waals surface area contributed by atoms with Gasteiger partial charge in [-0.2, -0.15) is 5.10 Å². The van der Waals surface area contributed by atoms with Crippen molar-refractivity contribution >= 4 is 32.6 Å². The van der Waals surface area contributed by atoms with Crippen molar-refractivity contribution in [3.8, 4) is 17.0 Å². The molecular weight excluding hydrogens is 395 g/mol. The van der Waals surface area contributed by atoms with Crippen LogP contribution in [0.1, 0.15) is 0 Å². The van der Waals surface area contributed by atoms with Crippen LogP contribution in [0.25, 0.3) is 21.5 Å². The van der Waals surface area contributed by atoms with E-state index >= 15 is 0 Å². The molecule has 0 aliphatic heterocycles. The fourth-order valence-corrected chi connectivity index (χ4v) is 3.69. The van der Waals surface area contributed by atoms with Gasteiger partial charge in [0.2, 0.25) is 5.91 Å². The minimum atomic E-state index is -0.450. The van der Waals surface area contributed by atoms with Gasteiger partial charge in [-0.1, -0.05) is 23.5 Å². The topological polar surface area (TPSA) is 86.1 Å². The molecule has 29 heavy (non-hydrogen) atoms. The van der Waals surface area contributed by atoms with Gasteiger partial charge in [0, 0.05) is 17.7 Å². The predicted molar refractivity (Wildman–Crippen MR) is 109 cm³/mol. The molecule has 2 heterocycles. The number of benzene rings is 2. The van der Waals surface area contributed by atoms with E-state index in [1.54, 1.807) is 0 Å². The molecule has 0 fully saturated rings. The molecule has 0 spiro atoms. The number of nitrogens with one attached hydrogen (secondary N) is 1. The van der Waals surface area contributed by atoms with Gasteiger partial charge in [-0.25, -0.2) is 14.1 Å². The van der Waals surface area contributed by atoms with E-state index in [9.17, 15) is 14.0 Å². The van der Waals surface area contributed by atoms with E-state index in [0.29, 0.717) is 16.4 Å². The average Bonchev–Trinajstić information content (AvgIpc) is 3.11. The highest BCUT2D eigenvalue weighted by Gasteiger charge is 2.13. The number of carbonyl (C=O) groups is 1. The number of anilines is 1. The number of aromatic nitrogens is 3. The first-order valence-electron chi connectivity index (χ1n) is 8.61. The third-order valence-electron chi connectivity index (χ3n) is 4.14. The van der Waals surface area contributed by atoms with Crippen LogP contribution in [0.5, 0.6) is 5.75 Å². The molecule has 2 aromatic carbocycles. The molecule has 0 unspecified atom stereocenters. The highest BCUT2D eigenvalue weighted by Crippen LogP contribution is 2.28. The van der Waals surface area contributed by atoms with Crippen LogP contribution in [0, 0.1) is 5.82 Å². The number of fused-ring (bicyclic) bond motifs is 1. The molecule has 1 amide bonds. The molecule has 0 radical (unpaired) electrons. The number of amides is 1. The molecule has 0 bridgehead atoms. The van der Waals surface area contributed by atoms with Gasteiger partial charge in [0.1, 0.15) is 18.1 Å². The summed E-state index contributed by atoms with van der Waals surface area (Å²) >= 11 is 1.34. The maximum Gasteiger partial charge on any atom is 0.267 e. The minimum Gasteiger partial charge on any atom is -0.496 e. The number of nitrogens with zero attached hydrogens (tertiary/aromatic N) is 3. The lowest BCUT2D eigenvalue weighted by molar-refractivity contribution is -0.117. The lowest BCUT2D eigenvalue weighted by Gasteiger charge is -2.10. The Morgan fingerprint density at radius 2 is 2.03 bits per heavy atom. The van der Waals surface area contributed by atoms with Gasteiger partial charge in [-0.05, 0) is 30.3 Å². The Kier molecular flexibility index (Phi) is 5.05. The zero-order valence-corrected chi connectivity index (χ0v) is 16.1. The number of thiazole rings is 1. The number of ether oxygens (including phenoxy) is 1. The molecule has 0 atom stereocenters. The maximum absolute atomic E-state index is 13.4. The van der Waals surface area contributed by atoms with E-state index in [1.807, 2.05) is 24.3 Å². The van der Waals surface area contributed by atoms with Gasteiger partial charge in [-0.3, -0.25) is 9.59 Å². The number of rotatable bonds is 5. The highest BCUT2D eigenvalue weighted by molar-refractivity contribution is 7.22. The number of para-hydroxylation sites is 1. The third-order valence-corrected chi connectivity index (χ3v) is 5.09. The summed E-state index contributed by atoms with van der Waals surface area (Å²) in [5, 5.41) is 7.36. The quantitative estimate of drug-likeness (QED) is 0.546. The Morgan fingerprint density at radius 1 is 1.21 bits per heavy atom. The molecule has 2 aromatic heterocycles. The van der Waals surface area contributed by atoms with Crippen molar-refractivity contribution in [2.24, 2.45) is 0 Å². The maximum atomic E-state index is 13.4. The fourth-order valence-electron chi connectivity index (χ4n) is 2.80. The number of methoxy groups -OCH3 is 1. The molecule has 146 valence electrons. The lowest BCUT2D eigenvalue weighted by atomic mass is 10.1. The summed E-state index contributed by atoms with van der Waals surface area (Å²) in [6.45, 7) is -0.286. The summed E-state index contributed by atoms with van der Waals surface area (Å²) in [6.07, 6.45) is 0. The van der Waals surface area contributed by atoms with Gasteiger partial charge in [-0.15, -0.1) is 0 Å². The Balaban J connectivity index is 1.58. The van der Waals surface area contributed by atoms with Crippen molar-refractivity contribution in [3.63, 3.8) is 0 Å². The third kappa shape index (κ3) is 3.99. The summed E-state index contributed by atoms with van der Waals surface area (Å²) in [5.74, 6) is -0.599. The van der Waals surface area contributed by atoms with Gasteiger partial charge in [0.25, 0.3) is 5.56 Å². The zero-order chi connectivity index (χ0) is 20.4. The summed E-state index contributed by atoms with van der Waals surface area (Å²) in [5.41, 5.74) is 1.24. The predicted octanol–water partition coefficient (Wildman–Crippen LogP) is 3.31. The van der Waals surface area contributed by atoms with Crippen molar-refractivity contribution in [3.05, 3.63) is 70.8 Å². The molecule has 0 aliphatic carbocycles. The molecule has 0 saturated carbocycles. The zero-order valence-electron chi connectivity index (χ0n) is 15.3. The van der Waals surface area contributed by atoms with E-state index < -0.39 is 17.3 Å². The molecule has 1 N–H and O–H groups in total. The Labute approximate surface area is 168 Å². The second-order valence-electron chi connectivity index (χ2n) is 6.09. The van der Waals surface area contributed by atoms with Gasteiger partial charge in [0.05, 0.1) is 23.0 Å². The first-order valence-corrected chi connectivity index (χ1v) is 9.42. The van der Waals surface area contributed by atoms with Crippen molar-refractivity contribution in [2.75, 3.05) is 12.4 Å². The van der Waals surface area contributed by atoms with E-state index in [-0.39, 0.29) is 12.3 Å². The van der Waals surface area contributed by atoms with E-state index in [2.05, 4.69) is 15.4 Å². The molecule has 4 rings (SSSR count). The Hall–Kier alpha value is -3.59. The lowest BCUT2D eigenvalue weighted by Crippen LogP contribution is -2.29. The standard InChI is InChI=1S/C20H15FN4O3S/c1-28-16-10-12(21)6-7-13(16)14-8-9-19(27)25(24-14)11-18(26)23-20-22-15-4-2-3-5-17(15)29-20/h2-10H,11H2,1H3,(H,22,23,26). The van der Waals surface area contributed by atoms with Crippen LogP contribution in [0.3, 0.4) is 0 Å². The Morgan fingerprint density at radius 3 is 2.83 bits per heavy atom. The van der Waals surface area contributed by atoms with Crippen LogP contribution in [-0.4, -0.2) is 27.8 Å². The first-order chi connectivity index (χ1) is 14.0. The van der Waals surface area contributed by atoms with E-state index in [0.717, 1.165) is 14.9 Å². The van der Waals surface area contributed by atoms with Gasteiger partial charge in [0.15, 0.2) is 5.13 Å². The van der Waals surface area contributed by atoms with Gasteiger partial charge < -0.3 is 10.1 Å². The average molecular weight is 410 g/mol. The normalized spacial score (nSPS) is 10.8. The second-order valence-corrected chi connectivity index (χ2v) is 7.12. The van der Waals surface area contributed by atoms with Crippen molar-refractivity contribution < 1.29 is 13.9 Å². The molecule has 0 saturated heterocycles. The molecule has 4 aromatic rings. The number of halogens is 1. The van der Waals surface area contributed by atoms with Crippen molar-refractivity contribution in [1.82, 2.24) is 14.8 Å². The summed E-state index contributed by atoms with van der Waals surface area (Å²) < 4.78 is 20.6. The largest absolute Gasteiger partial charge is 0.496 e. The first kappa shape index (κ1) is 18.8. The summed E-state index contributed by atoms with van der Waals surface area (Å²) in [6, 6.07) is 14.3. The van der Waals surface area contributed by atoms with Crippen LogP contribution in [0.2, 0.25) is 0 Å². The SMILES string of the molecule is COc1cc(F)ccc1-c1ccc(=O)n(CC(=O)Nc2nc3ccccc3s2)n1. The van der Waals surface area contributed by atoms with Crippen LogP contribution in [-0.2, 0) is 11.3 Å². The van der Waals surface area contributed by atoms with Crippen LogP contribution >= 0.6 is 11.3 Å². The van der Waals surface area contributed by atoms with Crippen molar-refractivity contribution in [2.45, 2.75) is 6.54 Å². The summed E-state index contributed by atoms with van der Waals surface area (Å²) in [4.78, 5) is 28.9. The molecular formula is C20H15FN4O3S. The van der Waals surface area contributed by atoms with Crippen molar-refractivity contribution in [1.29, 1.82) is 0 Å². The summed E-state index contributed by atoms with van der Waals surface area (Å²) in [7, 11) is 1.42. The van der Waals surface area contributed by atoms with E-state index in [1.165, 1.54) is 48.8 Å². The number of hydrogen-bond donors (Lipinski definition) is 1. The second kappa shape index (κ2) is 7.80. The smallest absolute Gasteiger partial charge is 0.267 e. The fraction of sp³-hybridized carbons (Fsp3) is 0.100. The molecule has 0 aliphatic rings. The van der Waals surface area contributed by atoms with Gasteiger partial charge >= 0.3 is 0 Å². The molecule has 9 heteroatoms. The Bertz CT molecular complexity index is 1240. The highest BCUT2D eigenvalue weighted by atomic mass is 32.1. The van der Waals surface area contributed by atoms with Crippen LogP contribution in [0.4, 0.5) is 9.52 Å². The number of hydrogen-bond acceptors (Lipinski definition) is 6. The number of carbonyl (C=O) groups excluding carboxylic acids is 1. The minimum absolute atomic E-state index is 0.279. The van der Waals surface area contributed by atoms with E-state index in [4.69, 9.17) is 4.74 Å².